The van der Waals surface area contributed by atoms with Gasteiger partial charge in [0.15, 0.2) is 0 Å². The first-order valence-electron chi connectivity index (χ1n) is 8.17. The van der Waals surface area contributed by atoms with Crippen LogP contribution in [0.4, 0.5) is 0 Å². The number of nitrogens with one attached hydrogen (secondary N) is 1. The highest BCUT2D eigenvalue weighted by molar-refractivity contribution is 9.10. The van der Waals surface area contributed by atoms with Crippen LogP contribution in [0.5, 0.6) is 5.75 Å². The molecule has 4 nitrogen and oxygen atoms in total. The second kappa shape index (κ2) is 9.35. The molecule has 0 radical (unpaired) electrons. The fraction of sp³-hybridized carbons (Fsp3) is 0.0476. The normalized spacial score (nSPS) is 10.7. The summed E-state index contributed by atoms with van der Waals surface area (Å²) in [7, 11) is 0. The average molecular weight is 444 g/mol. The summed E-state index contributed by atoms with van der Waals surface area (Å²) in [6.45, 7) is 0.336. The first-order chi connectivity index (χ1) is 13.1. The van der Waals surface area contributed by atoms with Crippen molar-refractivity contribution in [1.82, 2.24) is 5.43 Å². The van der Waals surface area contributed by atoms with Crippen LogP contribution in [-0.4, -0.2) is 12.1 Å². The van der Waals surface area contributed by atoms with E-state index in [1.807, 2.05) is 42.5 Å². The van der Waals surface area contributed by atoms with Crippen LogP contribution in [0.25, 0.3) is 0 Å². The Morgan fingerprint density at radius 2 is 1.85 bits per heavy atom. The van der Waals surface area contributed by atoms with Crippen molar-refractivity contribution in [2.45, 2.75) is 6.61 Å². The molecular weight excluding hydrogens is 428 g/mol. The molecule has 0 spiro atoms. The van der Waals surface area contributed by atoms with E-state index in [1.54, 1.807) is 36.5 Å². The SMILES string of the molecule is O=C(N/N=C\c1cccc(Br)c1)c1ccccc1OCc1ccc(Cl)cc1. The number of hydrazone groups is 1. The zero-order chi connectivity index (χ0) is 19.1. The third-order valence-corrected chi connectivity index (χ3v) is 4.41. The van der Waals surface area contributed by atoms with Gasteiger partial charge in [-0.1, -0.05) is 63.9 Å². The lowest BCUT2D eigenvalue weighted by Crippen LogP contribution is -2.18. The topological polar surface area (TPSA) is 50.7 Å². The number of nitrogens with zero attached hydrogens (tertiary/aromatic N) is 1. The summed E-state index contributed by atoms with van der Waals surface area (Å²) in [5.74, 6) is 0.149. The predicted octanol–water partition coefficient (Wildman–Crippen LogP) is 5.45. The van der Waals surface area contributed by atoms with Crippen molar-refractivity contribution in [2.24, 2.45) is 5.10 Å². The minimum absolute atomic E-state index is 0.336. The molecule has 0 atom stereocenters. The number of carbonyl (C=O) groups excluding carboxylic acids is 1. The summed E-state index contributed by atoms with van der Waals surface area (Å²) in [5.41, 5.74) is 4.78. The lowest BCUT2D eigenvalue weighted by Gasteiger charge is -2.10. The van der Waals surface area contributed by atoms with E-state index in [0.717, 1.165) is 15.6 Å². The molecule has 6 heteroatoms. The van der Waals surface area contributed by atoms with Crippen LogP contribution in [-0.2, 0) is 6.61 Å². The van der Waals surface area contributed by atoms with Gasteiger partial charge in [0, 0.05) is 9.50 Å². The Morgan fingerprint density at radius 3 is 2.63 bits per heavy atom. The molecule has 1 amide bonds. The van der Waals surface area contributed by atoms with E-state index in [2.05, 4.69) is 26.5 Å². The molecule has 1 N–H and O–H groups in total. The number of benzene rings is 3. The monoisotopic (exact) mass is 442 g/mol. The molecule has 0 heterocycles. The molecule has 3 aromatic rings. The smallest absolute Gasteiger partial charge is 0.275 e. The Hall–Kier alpha value is -2.63. The molecule has 3 aromatic carbocycles. The van der Waals surface area contributed by atoms with E-state index < -0.39 is 0 Å². The van der Waals surface area contributed by atoms with Crippen LogP contribution in [0.1, 0.15) is 21.5 Å². The van der Waals surface area contributed by atoms with Gasteiger partial charge < -0.3 is 4.74 Å². The molecule has 0 bridgehead atoms. The molecular formula is C21H16BrClN2O2. The van der Waals surface area contributed by atoms with E-state index in [-0.39, 0.29) is 5.91 Å². The number of amides is 1. The Balaban J connectivity index is 1.65. The van der Waals surface area contributed by atoms with Crippen molar-refractivity contribution < 1.29 is 9.53 Å². The summed E-state index contributed by atoms with van der Waals surface area (Å²) < 4.78 is 6.75. The van der Waals surface area contributed by atoms with Gasteiger partial charge in [0.05, 0.1) is 11.8 Å². The van der Waals surface area contributed by atoms with Crippen LogP contribution >= 0.6 is 27.5 Å². The van der Waals surface area contributed by atoms with Crippen molar-refractivity contribution in [2.75, 3.05) is 0 Å². The molecule has 0 unspecified atom stereocenters. The molecule has 0 saturated heterocycles. The van der Waals surface area contributed by atoms with Crippen molar-refractivity contribution in [3.05, 3.63) is 99.0 Å². The number of rotatable bonds is 6. The lowest BCUT2D eigenvalue weighted by atomic mass is 10.2. The first kappa shape index (κ1) is 19.1. The second-order valence-electron chi connectivity index (χ2n) is 5.67. The maximum atomic E-state index is 12.4. The maximum absolute atomic E-state index is 12.4. The number of hydrogen-bond acceptors (Lipinski definition) is 3. The summed E-state index contributed by atoms with van der Waals surface area (Å²) in [6.07, 6.45) is 1.58. The lowest BCUT2D eigenvalue weighted by molar-refractivity contribution is 0.0950. The molecule has 27 heavy (non-hydrogen) atoms. The van der Waals surface area contributed by atoms with Crippen LogP contribution < -0.4 is 10.2 Å². The number of ether oxygens (including phenoxy) is 1. The Morgan fingerprint density at radius 1 is 1.07 bits per heavy atom. The number of carbonyl (C=O) groups is 1. The fourth-order valence-corrected chi connectivity index (χ4v) is 2.88. The minimum atomic E-state index is -0.340. The van der Waals surface area contributed by atoms with E-state index in [0.29, 0.717) is 22.9 Å². The van der Waals surface area contributed by atoms with Gasteiger partial charge in [-0.25, -0.2) is 5.43 Å². The van der Waals surface area contributed by atoms with Gasteiger partial charge in [0.1, 0.15) is 12.4 Å². The molecule has 136 valence electrons. The molecule has 0 aliphatic heterocycles. The van der Waals surface area contributed by atoms with Gasteiger partial charge in [0.25, 0.3) is 5.91 Å². The van der Waals surface area contributed by atoms with E-state index in [1.165, 1.54) is 0 Å². The highest BCUT2D eigenvalue weighted by atomic mass is 79.9. The predicted molar refractivity (Wildman–Crippen MR) is 111 cm³/mol. The number of para-hydroxylation sites is 1. The van der Waals surface area contributed by atoms with Crippen LogP contribution in [0, 0.1) is 0 Å². The summed E-state index contributed by atoms with van der Waals surface area (Å²) in [6, 6.07) is 22.0. The van der Waals surface area contributed by atoms with Gasteiger partial charge in [-0.15, -0.1) is 0 Å². The van der Waals surface area contributed by atoms with Gasteiger partial charge in [-0.3, -0.25) is 4.79 Å². The molecule has 0 saturated carbocycles. The van der Waals surface area contributed by atoms with Gasteiger partial charge in [0.2, 0.25) is 0 Å². The van der Waals surface area contributed by atoms with Crippen LogP contribution in [0.15, 0.2) is 82.4 Å². The molecule has 0 aliphatic rings. The fourth-order valence-electron chi connectivity index (χ4n) is 2.33. The van der Waals surface area contributed by atoms with Crippen molar-refractivity contribution in [3.8, 4) is 5.75 Å². The van der Waals surface area contributed by atoms with E-state index >= 15 is 0 Å². The Bertz CT molecular complexity index is 958. The molecule has 0 aliphatic carbocycles. The standard InChI is InChI=1S/C21H16BrClN2O2/c22-17-5-3-4-16(12-17)13-24-25-21(26)19-6-1-2-7-20(19)27-14-15-8-10-18(23)11-9-15/h1-13H,14H2,(H,25,26)/b24-13-. The first-order valence-corrected chi connectivity index (χ1v) is 9.34. The molecule has 0 aromatic heterocycles. The summed E-state index contributed by atoms with van der Waals surface area (Å²) >= 11 is 9.28. The van der Waals surface area contributed by atoms with Gasteiger partial charge in [-0.2, -0.15) is 5.10 Å². The van der Waals surface area contributed by atoms with Gasteiger partial charge >= 0.3 is 0 Å². The minimum Gasteiger partial charge on any atom is -0.488 e. The van der Waals surface area contributed by atoms with Crippen molar-refractivity contribution in [3.63, 3.8) is 0 Å². The van der Waals surface area contributed by atoms with E-state index in [9.17, 15) is 4.79 Å². The highest BCUT2D eigenvalue weighted by Crippen LogP contribution is 2.20. The van der Waals surface area contributed by atoms with Crippen LogP contribution in [0.3, 0.4) is 0 Å². The Kier molecular flexibility index (Phi) is 6.63. The summed E-state index contributed by atoms with van der Waals surface area (Å²) in [5, 5.41) is 4.68. The van der Waals surface area contributed by atoms with Crippen molar-refractivity contribution in [1.29, 1.82) is 0 Å². The van der Waals surface area contributed by atoms with E-state index in [4.69, 9.17) is 16.3 Å². The molecule has 0 fully saturated rings. The molecule has 3 rings (SSSR count). The number of hydrogen-bond donors (Lipinski definition) is 1. The van der Waals surface area contributed by atoms with Crippen LogP contribution in [0.2, 0.25) is 5.02 Å². The largest absolute Gasteiger partial charge is 0.488 e. The average Bonchev–Trinajstić information content (AvgIpc) is 2.68. The van der Waals surface area contributed by atoms with Gasteiger partial charge in [-0.05, 0) is 47.5 Å². The Labute approximate surface area is 171 Å². The summed E-state index contributed by atoms with van der Waals surface area (Å²) in [4.78, 5) is 12.4. The van der Waals surface area contributed by atoms with Crippen molar-refractivity contribution >= 4 is 39.7 Å². The quantitative estimate of drug-likeness (QED) is 0.407. The number of halogens is 2. The zero-order valence-corrected chi connectivity index (χ0v) is 16.6. The third kappa shape index (κ3) is 5.67. The zero-order valence-electron chi connectivity index (χ0n) is 14.2. The maximum Gasteiger partial charge on any atom is 0.275 e. The third-order valence-electron chi connectivity index (χ3n) is 3.67. The highest BCUT2D eigenvalue weighted by Gasteiger charge is 2.11. The second-order valence-corrected chi connectivity index (χ2v) is 7.02.